The van der Waals surface area contributed by atoms with Gasteiger partial charge >= 0.3 is 0 Å². The second kappa shape index (κ2) is 6.49. The molecule has 2 aliphatic heterocycles. The van der Waals surface area contributed by atoms with Gasteiger partial charge in [0.15, 0.2) is 0 Å². The largest absolute Gasteiger partial charge is 0.383 e. The first-order chi connectivity index (χ1) is 9.78. The van der Waals surface area contributed by atoms with Crippen molar-refractivity contribution in [2.45, 2.75) is 25.7 Å². The van der Waals surface area contributed by atoms with E-state index in [4.69, 9.17) is 14.2 Å². The molecule has 0 saturated carbocycles. The van der Waals surface area contributed by atoms with Gasteiger partial charge in [0.05, 0.1) is 43.2 Å². The summed E-state index contributed by atoms with van der Waals surface area (Å²) >= 11 is 1.68. The number of thiazole rings is 1. The quantitative estimate of drug-likeness (QED) is 0.792. The molecule has 1 aromatic heterocycles. The normalized spacial score (nSPS) is 30.0. The fourth-order valence-corrected chi connectivity index (χ4v) is 3.70. The number of aromatic nitrogens is 1. The second-order valence-electron chi connectivity index (χ2n) is 5.46. The minimum atomic E-state index is 0.251. The predicted molar refractivity (Wildman–Crippen MR) is 77.0 cm³/mol. The SMILES string of the molecule is COCCN1C[C@@H](OCc2csc(C)n2)[C@@H]2COC[C@@H]21. The van der Waals surface area contributed by atoms with E-state index in [9.17, 15) is 0 Å². The third kappa shape index (κ3) is 3.04. The lowest BCUT2D eigenvalue weighted by Crippen LogP contribution is -2.35. The maximum absolute atomic E-state index is 6.11. The Bertz CT molecular complexity index is 440. The first kappa shape index (κ1) is 14.4. The van der Waals surface area contributed by atoms with Crippen LogP contribution < -0.4 is 0 Å². The summed E-state index contributed by atoms with van der Waals surface area (Å²) in [5, 5.41) is 3.18. The molecule has 0 unspecified atom stereocenters. The van der Waals surface area contributed by atoms with Crippen LogP contribution in [0, 0.1) is 12.8 Å². The molecule has 0 aliphatic carbocycles. The highest BCUT2D eigenvalue weighted by Gasteiger charge is 2.45. The van der Waals surface area contributed by atoms with Crippen molar-refractivity contribution in [1.29, 1.82) is 0 Å². The first-order valence-corrected chi connectivity index (χ1v) is 7.99. The number of hydrogen-bond donors (Lipinski definition) is 0. The Kier molecular flexibility index (Phi) is 4.68. The van der Waals surface area contributed by atoms with Crippen LogP contribution in [0.15, 0.2) is 5.38 Å². The molecule has 5 nitrogen and oxygen atoms in total. The second-order valence-corrected chi connectivity index (χ2v) is 6.53. The first-order valence-electron chi connectivity index (χ1n) is 7.11. The molecule has 20 heavy (non-hydrogen) atoms. The molecule has 6 heteroatoms. The standard InChI is InChI=1S/C14H22N2O3S/c1-10-15-11(9-20-10)6-19-14-5-16(3-4-17-2)13-8-18-7-12(13)14/h9,12-14H,3-8H2,1-2H3/t12-,13+,14-/m1/s1. The van der Waals surface area contributed by atoms with E-state index in [-0.39, 0.29) is 6.10 Å². The summed E-state index contributed by atoms with van der Waals surface area (Å²) in [5.41, 5.74) is 1.04. The Labute approximate surface area is 123 Å². The molecule has 3 heterocycles. The van der Waals surface area contributed by atoms with Crippen molar-refractivity contribution in [2.75, 3.05) is 40.0 Å². The number of ether oxygens (including phenoxy) is 3. The monoisotopic (exact) mass is 298 g/mol. The number of hydrogen-bond acceptors (Lipinski definition) is 6. The van der Waals surface area contributed by atoms with Gasteiger partial charge in [-0.2, -0.15) is 0 Å². The van der Waals surface area contributed by atoms with E-state index < -0.39 is 0 Å². The molecule has 112 valence electrons. The number of rotatable bonds is 6. The molecule has 3 atom stereocenters. The van der Waals surface area contributed by atoms with Gasteiger partial charge in [-0.15, -0.1) is 11.3 Å². The maximum Gasteiger partial charge on any atom is 0.0901 e. The minimum Gasteiger partial charge on any atom is -0.383 e. The zero-order valence-electron chi connectivity index (χ0n) is 12.1. The van der Waals surface area contributed by atoms with E-state index in [1.54, 1.807) is 18.4 Å². The average molecular weight is 298 g/mol. The molecule has 2 fully saturated rings. The van der Waals surface area contributed by atoms with Crippen LogP contribution in [0.25, 0.3) is 0 Å². The van der Waals surface area contributed by atoms with Gasteiger partial charge in [-0.3, -0.25) is 4.90 Å². The fraction of sp³-hybridized carbons (Fsp3) is 0.786. The van der Waals surface area contributed by atoms with Gasteiger partial charge in [0, 0.05) is 37.5 Å². The van der Waals surface area contributed by atoms with Gasteiger partial charge in [-0.05, 0) is 6.92 Å². The fourth-order valence-electron chi connectivity index (χ4n) is 3.10. The van der Waals surface area contributed by atoms with E-state index in [0.717, 1.165) is 43.6 Å². The van der Waals surface area contributed by atoms with Crippen LogP contribution >= 0.6 is 11.3 Å². The van der Waals surface area contributed by atoms with E-state index >= 15 is 0 Å². The summed E-state index contributed by atoms with van der Waals surface area (Å²) in [6.45, 7) is 6.97. The van der Waals surface area contributed by atoms with E-state index in [2.05, 4.69) is 15.3 Å². The Morgan fingerprint density at radius 2 is 2.40 bits per heavy atom. The molecular formula is C14H22N2O3S. The average Bonchev–Trinajstić information content (AvgIpc) is 3.11. The third-order valence-electron chi connectivity index (χ3n) is 4.15. The maximum atomic E-state index is 6.11. The number of nitrogens with zero attached hydrogens (tertiary/aromatic N) is 2. The van der Waals surface area contributed by atoms with Crippen LogP contribution in [0.4, 0.5) is 0 Å². The van der Waals surface area contributed by atoms with Crippen LogP contribution in [-0.2, 0) is 20.8 Å². The topological polar surface area (TPSA) is 43.8 Å². The van der Waals surface area contributed by atoms with Crippen molar-refractivity contribution in [3.8, 4) is 0 Å². The highest BCUT2D eigenvalue weighted by Crippen LogP contribution is 2.32. The molecule has 3 rings (SSSR count). The van der Waals surface area contributed by atoms with E-state index in [1.165, 1.54) is 0 Å². The summed E-state index contributed by atoms with van der Waals surface area (Å²) in [5.74, 6) is 0.492. The molecule has 2 aliphatic rings. The van der Waals surface area contributed by atoms with E-state index in [0.29, 0.717) is 18.6 Å². The summed E-state index contributed by atoms with van der Waals surface area (Å²) in [7, 11) is 1.75. The van der Waals surface area contributed by atoms with Gasteiger partial charge in [-0.1, -0.05) is 0 Å². The lowest BCUT2D eigenvalue weighted by atomic mass is 10.0. The molecule has 0 aromatic carbocycles. The van der Waals surface area contributed by atoms with Crippen LogP contribution in [0.3, 0.4) is 0 Å². The third-order valence-corrected chi connectivity index (χ3v) is 4.97. The van der Waals surface area contributed by atoms with Gasteiger partial charge in [0.25, 0.3) is 0 Å². The Balaban J connectivity index is 1.56. The van der Waals surface area contributed by atoms with Crippen LogP contribution in [0.5, 0.6) is 0 Å². The molecule has 1 aromatic rings. The predicted octanol–water partition coefficient (Wildman–Crippen LogP) is 1.31. The summed E-state index contributed by atoms with van der Waals surface area (Å²) in [4.78, 5) is 6.90. The highest BCUT2D eigenvalue weighted by atomic mass is 32.1. The highest BCUT2D eigenvalue weighted by molar-refractivity contribution is 7.09. The molecule has 0 bridgehead atoms. The van der Waals surface area contributed by atoms with Gasteiger partial charge < -0.3 is 14.2 Å². The minimum absolute atomic E-state index is 0.251. The Morgan fingerprint density at radius 3 is 3.15 bits per heavy atom. The van der Waals surface area contributed by atoms with Crippen molar-refractivity contribution in [1.82, 2.24) is 9.88 Å². The van der Waals surface area contributed by atoms with Crippen molar-refractivity contribution < 1.29 is 14.2 Å². The number of methoxy groups -OCH3 is 1. The van der Waals surface area contributed by atoms with Crippen LogP contribution in [0.2, 0.25) is 0 Å². The summed E-state index contributed by atoms with van der Waals surface area (Å²) < 4.78 is 16.9. The number of fused-ring (bicyclic) bond motifs is 1. The number of aryl methyl sites for hydroxylation is 1. The van der Waals surface area contributed by atoms with Crippen LogP contribution in [-0.4, -0.2) is 62.0 Å². The Morgan fingerprint density at radius 1 is 1.50 bits per heavy atom. The molecule has 0 spiro atoms. The van der Waals surface area contributed by atoms with E-state index in [1.807, 2.05) is 6.92 Å². The summed E-state index contributed by atoms with van der Waals surface area (Å²) in [6.07, 6.45) is 0.251. The Hall–Kier alpha value is -0.530. The molecule has 0 amide bonds. The zero-order chi connectivity index (χ0) is 13.9. The van der Waals surface area contributed by atoms with Crippen molar-refractivity contribution in [3.05, 3.63) is 16.1 Å². The summed E-state index contributed by atoms with van der Waals surface area (Å²) in [6, 6.07) is 0.493. The number of likely N-dealkylation sites (tertiary alicyclic amines) is 1. The van der Waals surface area contributed by atoms with Crippen LogP contribution in [0.1, 0.15) is 10.7 Å². The van der Waals surface area contributed by atoms with Gasteiger partial charge in [0.2, 0.25) is 0 Å². The van der Waals surface area contributed by atoms with Crippen molar-refractivity contribution in [3.63, 3.8) is 0 Å². The van der Waals surface area contributed by atoms with Gasteiger partial charge in [-0.25, -0.2) is 4.98 Å². The van der Waals surface area contributed by atoms with Gasteiger partial charge in [0.1, 0.15) is 0 Å². The van der Waals surface area contributed by atoms with Crippen molar-refractivity contribution >= 4 is 11.3 Å². The molecule has 0 radical (unpaired) electrons. The molecule has 0 N–H and O–H groups in total. The lowest BCUT2D eigenvalue weighted by molar-refractivity contribution is 0.00674. The molecular weight excluding hydrogens is 276 g/mol. The smallest absolute Gasteiger partial charge is 0.0901 e. The zero-order valence-corrected chi connectivity index (χ0v) is 12.9. The molecule has 2 saturated heterocycles. The van der Waals surface area contributed by atoms with Crippen molar-refractivity contribution in [2.24, 2.45) is 5.92 Å². The lowest BCUT2D eigenvalue weighted by Gasteiger charge is -2.21.